The molecule has 1 aliphatic heterocycles. The summed E-state index contributed by atoms with van der Waals surface area (Å²) in [4.78, 5) is 14.0. The highest BCUT2D eigenvalue weighted by molar-refractivity contribution is 5.85. The van der Waals surface area contributed by atoms with Gasteiger partial charge in [0.1, 0.15) is 0 Å². The molecule has 0 spiro atoms. The summed E-state index contributed by atoms with van der Waals surface area (Å²) in [5.74, 6) is 0.0000155. The summed E-state index contributed by atoms with van der Waals surface area (Å²) in [6, 6.07) is 4.85. The molecular weight excluding hydrogens is 295 g/mol. The molecule has 0 aromatic heterocycles. The van der Waals surface area contributed by atoms with E-state index in [0.29, 0.717) is 12.8 Å². The number of carbonyl (C=O) groups excluding carboxylic acids is 1. The number of methoxy groups -OCH3 is 1. The topological polar surface area (TPSA) is 41.6 Å². The normalized spacial score (nSPS) is 15.0. The molecule has 0 unspecified atom stereocenters. The van der Waals surface area contributed by atoms with Crippen molar-refractivity contribution < 1.29 is 13.9 Å². The summed E-state index contributed by atoms with van der Waals surface area (Å²) in [5.41, 5.74) is 0.824. The molecule has 0 atom stereocenters. The third-order valence-corrected chi connectivity index (χ3v) is 3.54. The first-order valence-corrected chi connectivity index (χ1v) is 7.01. The van der Waals surface area contributed by atoms with Gasteiger partial charge in [-0.05, 0) is 37.1 Å². The molecule has 4 nitrogen and oxygen atoms in total. The van der Waals surface area contributed by atoms with Gasteiger partial charge in [0.15, 0.2) is 11.6 Å². The van der Waals surface area contributed by atoms with Crippen LogP contribution in [0.25, 0.3) is 0 Å². The third kappa shape index (κ3) is 5.17. The van der Waals surface area contributed by atoms with Gasteiger partial charge >= 0.3 is 0 Å². The Kier molecular flexibility index (Phi) is 7.47. The summed E-state index contributed by atoms with van der Waals surface area (Å²) in [6.45, 7) is 3.38. The molecule has 1 fully saturated rings. The van der Waals surface area contributed by atoms with Crippen LogP contribution in [0.2, 0.25) is 0 Å². The lowest BCUT2D eigenvalue weighted by Crippen LogP contribution is -2.34. The van der Waals surface area contributed by atoms with E-state index in [2.05, 4.69) is 5.32 Å². The van der Waals surface area contributed by atoms with E-state index < -0.39 is 0 Å². The van der Waals surface area contributed by atoms with Gasteiger partial charge in [0, 0.05) is 26.1 Å². The first-order valence-electron chi connectivity index (χ1n) is 7.01. The molecule has 0 saturated carbocycles. The molecule has 21 heavy (non-hydrogen) atoms. The number of nitrogens with one attached hydrogen (secondary N) is 1. The second kappa shape index (κ2) is 8.85. The summed E-state index contributed by atoms with van der Waals surface area (Å²) in [5, 5.41) is 3.27. The minimum atomic E-state index is -0.378. The summed E-state index contributed by atoms with van der Waals surface area (Å²) >= 11 is 0. The maximum Gasteiger partial charge on any atom is 0.222 e. The van der Waals surface area contributed by atoms with Gasteiger partial charge in [0.05, 0.1) is 7.11 Å². The smallest absolute Gasteiger partial charge is 0.222 e. The van der Waals surface area contributed by atoms with E-state index in [1.807, 2.05) is 4.90 Å². The fourth-order valence-electron chi connectivity index (χ4n) is 2.37. The first-order chi connectivity index (χ1) is 9.70. The Morgan fingerprint density at radius 2 is 2.19 bits per heavy atom. The molecule has 1 aliphatic rings. The highest BCUT2D eigenvalue weighted by Gasteiger charge is 2.15. The lowest BCUT2D eigenvalue weighted by Gasteiger charge is -2.19. The zero-order valence-electron chi connectivity index (χ0n) is 12.2. The summed E-state index contributed by atoms with van der Waals surface area (Å²) in [6.07, 6.45) is 1.97. The summed E-state index contributed by atoms with van der Waals surface area (Å²) < 4.78 is 18.4. The van der Waals surface area contributed by atoms with Gasteiger partial charge in [-0.15, -0.1) is 12.4 Å². The lowest BCUT2D eigenvalue weighted by atomic mass is 10.1. The molecule has 0 bridgehead atoms. The van der Waals surface area contributed by atoms with Crippen molar-refractivity contribution in [3.8, 4) is 5.75 Å². The molecule has 1 aromatic rings. The zero-order chi connectivity index (χ0) is 14.4. The van der Waals surface area contributed by atoms with Gasteiger partial charge in [0.2, 0.25) is 5.91 Å². The Hall–Kier alpha value is -1.33. The van der Waals surface area contributed by atoms with Crippen LogP contribution in [0.15, 0.2) is 18.2 Å². The van der Waals surface area contributed by atoms with Gasteiger partial charge in [0.25, 0.3) is 0 Å². The number of nitrogens with zero attached hydrogens (tertiary/aromatic N) is 1. The Morgan fingerprint density at radius 1 is 1.38 bits per heavy atom. The number of hydrogen-bond acceptors (Lipinski definition) is 3. The molecule has 118 valence electrons. The second-order valence-electron chi connectivity index (χ2n) is 4.95. The molecule has 1 saturated heterocycles. The summed E-state index contributed by atoms with van der Waals surface area (Å²) in [7, 11) is 1.44. The number of rotatable bonds is 4. The van der Waals surface area contributed by atoms with Crippen LogP contribution in [0, 0.1) is 5.82 Å². The van der Waals surface area contributed by atoms with Gasteiger partial charge < -0.3 is 15.0 Å². The van der Waals surface area contributed by atoms with Gasteiger partial charge in [-0.2, -0.15) is 0 Å². The molecule has 0 radical (unpaired) electrons. The van der Waals surface area contributed by atoms with Crippen molar-refractivity contribution in [2.45, 2.75) is 19.3 Å². The van der Waals surface area contributed by atoms with E-state index in [4.69, 9.17) is 4.74 Å². The average molecular weight is 317 g/mol. The van der Waals surface area contributed by atoms with Crippen LogP contribution in [-0.2, 0) is 11.2 Å². The number of carbonyl (C=O) groups is 1. The minimum absolute atomic E-state index is 0. The van der Waals surface area contributed by atoms with Gasteiger partial charge in [-0.3, -0.25) is 4.79 Å². The van der Waals surface area contributed by atoms with Crippen molar-refractivity contribution in [3.63, 3.8) is 0 Å². The van der Waals surface area contributed by atoms with Crippen LogP contribution in [0.5, 0.6) is 5.75 Å². The molecule has 1 heterocycles. The number of halogens is 2. The highest BCUT2D eigenvalue weighted by atomic mass is 35.5. The van der Waals surface area contributed by atoms with Crippen LogP contribution >= 0.6 is 12.4 Å². The molecule has 6 heteroatoms. The van der Waals surface area contributed by atoms with E-state index in [-0.39, 0.29) is 29.9 Å². The van der Waals surface area contributed by atoms with Gasteiger partial charge in [-0.25, -0.2) is 4.39 Å². The number of amides is 1. The van der Waals surface area contributed by atoms with E-state index in [1.54, 1.807) is 12.1 Å². The molecule has 1 amide bonds. The van der Waals surface area contributed by atoms with E-state index in [9.17, 15) is 9.18 Å². The van der Waals surface area contributed by atoms with Gasteiger partial charge in [-0.1, -0.05) is 6.07 Å². The predicted molar refractivity (Wildman–Crippen MR) is 82.6 cm³/mol. The lowest BCUT2D eigenvalue weighted by molar-refractivity contribution is -0.130. The van der Waals surface area contributed by atoms with Crippen LogP contribution in [-0.4, -0.2) is 44.1 Å². The van der Waals surface area contributed by atoms with Crippen LogP contribution in [0.1, 0.15) is 18.4 Å². The maximum atomic E-state index is 13.6. The molecule has 1 N–H and O–H groups in total. The largest absolute Gasteiger partial charge is 0.494 e. The van der Waals surface area contributed by atoms with Crippen molar-refractivity contribution in [2.75, 3.05) is 33.3 Å². The SMILES string of the molecule is COc1ccc(CCC(=O)N2CCCNCC2)cc1F.Cl. The van der Waals surface area contributed by atoms with E-state index in [1.165, 1.54) is 13.2 Å². The van der Waals surface area contributed by atoms with Crippen molar-refractivity contribution in [1.82, 2.24) is 10.2 Å². The van der Waals surface area contributed by atoms with E-state index >= 15 is 0 Å². The fraction of sp³-hybridized carbons (Fsp3) is 0.533. The van der Waals surface area contributed by atoms with E-state index in [0.717, 1.165) is 38.2 Å². The molecular formula is C15H22ClFN2O2. The fourth-order valence-corrected chi connectivity index (χ4v) is 2.37. The maximum absolute atomic E-state index is 13.6. The number of hydrogen-bond donors (Lipinski definition) is 1. The van der Waals surface area contributed by atoms with Crippen molar-refractivity contribution in [1.29, 1.82) is 0 Å². The quantitative estimate of drug-likeness (QED) is 0.924. The van der Waals surface area contributed by atoms with Crippen LogP contribution in [0.3, 0.4) is 0 Å². The average Bonchev–Trinajstić information content (AvgIpc) is 2.74. The van der Waals surface area contributed by atoms with Crippen LogP contribution in [0.4, 0.5) is 4.39 Å². The standard InChI is InChI=1S/C15H21FN2O2.ClH/c1-20-14-5-3-12(11-13(14)16)4-6-15(19)18-9-2-7-17-8-10-18;/h3,5,11,17H,2,4,6-10H2,1H3;1H. The monoisotopic (exact) mass is 316 g/mol. The molecule has 0 aliphatic carbocycles. The Bertz CT molecular complexity index is 463. The predicted octanol–water partition coefficient (Wildman–Crippen LogP) is 2.01. The zero-order valence-corrected chi connectivity index (χ0v) is 13.0. The van der Waals surface area contributed by atoms with Crippen LogP contribution < -0.4 is 10.1 Å². The molecule has 2 rings (SSSR count). The van der Waals surface area contributed by atoms with Crippen molar-refractivity contribution in [2.24, 2.45) is 0 Å². The Labute approximate surface area is 131 Å². The first kappa shape index (κ1) is 17.7. The van der Waals surface area contributed by atoms with Crippen molar-refractivity contribution in [3.05, 3.63) is 29.6 Å². The number of ether oxygens (including phenoxy) is 1. The molecule has 1 aromatic carbocycles. The Morgan fingerprint density at radius 3 is 2.90 bits per heavy atom. The minimum Gasteiger partial charge on any atom is -0.494 e. The number of benzene rings is 1. The number of aryl methyl sites for hydroxylation is 1. The van der Waals surface area contributed by atoms with Crippen molar-refractivity contribution >= 4 is 18.3 Å². The Balaban J connectivity index is 0.00000220. The highest BCUT2D eigenvalue weighted by Crippen LogP contribution is 2.18. The second-order valence-corrected chi connectivity index (χ2v) is 4.95. The third-order valence-electron chi connectivity index (χ3n) is 3.54.